The van der Waals surface area contributed by atoms with Gasteiger partial charge in [-0.25, -0.2) is 0 Å². The van der Waals surface area contributed by atoms with Crippen LogP contribution in [0.3, 0.4) is 0 Å². The van der Waals surface area contributed by atoms with Crippen molar-refractivity contribution in [1.82, 2.24) is 0 Å². The molecule has 22 heavy (non-hydrogen) atoms. The standard InChI is InChI=1S/C22H46/c1-8-20(19-22(5,6)7)17-15-13-11-9-10-12-14-16-18-21(2,3)4/h20H,8-19H2,1-7H3. The molecular weight excluding hydrogens is 264 g/mol. The minimum atomic E-state index is 0.508. The van der Waals surface area contributed by atoms with Crippen LogP contribution in [0.2, 0.25) is 0 Å². The molecule has 1 unspecified atom stereocenters. The van der Waals surface area contributed by atoms with Gasteiger partial charge in [-0.3, -0.25) is 0 Å². The fourth-order valence-corrected chi connectivity index (χ4v) is 3.47. The zero-order chi connectivity index (χ0) is 17.1. The zero-order valence-corrected chi connectivity index (χ0v) is 17.1. The fraction of sp³-hybridized carbons (Fsp3) is 1.00. The lowest BCUT2D eigenvalue weighted by Gasteiger charge is -2.25. The van der Waals surface area contributed by atoms with E-state index in [0.717, 1.165) is 5.92 Å². The molecule has 0 spiro atoms. The molecule has 0 saturated heterocycles. The molecule has 0 bridgehead atoms. The molecular formula is C22H46. The first-order chi connectivity index (χ1) is 10.1. The maximum absolute atomic E-state index is 2.38. The summed E-state index contributed by atoms with van der Waals surface area (Å²) in [6, 6.07) is 0. The largest absolute Gasteiger partial charge is 0.0651 e. The molecule has 0 aromatic rings. The third kappa shape index (κ3) is 16.4. The summed E-state index contributed by atoms with van der Waals surface area (Å²) in [5, 5.41) is 0. The third-order valence-electron chi connectivity index (χ3n) is 4.77. The van der Waals surface area contributed by atoms with E-state index in [4.69, 9.17) is 0 Å². The van der Waals surface area contributed by atoms with Gasteiger partial charge in [-0.1, -0.05) is 113 Å². The Hall–Kier alpha value is 0. The van der Waals surface area contributed by atoms with Gasteiger partial charge in [0.25, 0.3) is 0 Å². The van der Waals surface area contributed by atoms with E-state index in [1.54, 1.807) is 0 Å². The van der Waals surface area contributed by atoms with Crippen molar-refractivity contribution >= 4 is 0 Å². The fourth-order valence-electron chi connectivity index (χ4n) is 3.47. The molecule has 0 fully saturated rings. The summed E-state index contributed by atoms with van der Waals surface area (Å²) in [6.07, 6.45) is 17.2. The molecule has 0 heteroatoms. The van der Waals surface area contributed by atoms with Crippen LogP contribution >= 0.6 is 0 Å². The maximum Gasteiger partial charge on any atom is -0.0380 e. The Morgan fingerprint density at radius 3 is 1.45 bits per heavy atom. The molecule has 134 valence electrons. The van der Waals surface area contributed by atoms with Crippen LogP contribution in [0.5, 0.6) is 0 Å². The highest BCUT2D eigenvalue weighted by Crippen LogP contribution is 2.29. The van der Waals surface area contributed by atoms with Crippen molar-refractivity contribution < 1.29 is 0 Å². The Bertz CT molecular complexity index is 238. The van der Waals surface area contributed by atoms with Crippen LogP contribution in [-0.4, -0.2) is 0 Å². The maximum atomic E-state index is 2.38. The Labute approximate surface area is 142 Å². The summed E-state index contributed by atoms with van der Waals surface area (Å²) in [5.41, 5.74) is 1.04. The molecule has 0 aliphatic heterocycles. The predicted octanol–water partition coefficient (Wildman–Crippen LogP) is 8.40. The zero-order valence-electron chi connectivity index (χ0n) is 17.1. The van der Waals surface area contributed by atoms with Gasteiger partial charge in [0.2, 0.25) is 0 Å². The van der Waals surface area contributed by atoms with Crippen LogP contribution in [0.1, 0.15) is 126 Å². The minimum absolute atomic E-state index is 0.508. The van der Waals surface area contributed by atoms with Crippen LogP contribution in [0.25, 0.3) is 0 Å². The van der Waals surface area contributed by atoms with Crippen LogP contribution in [0.4, 0.5) is 0 Å². The second-order valence-corrected chi connectivity index (χ2v) is 9.97. The molecule has 0 aromatic carbocycles. The summed E-state index contributed by atoms with van der Waals surface area (Å²) in [6.45, 7) is 16.6. The SMILES string of the molecule is CCC(CCCCCCCCCCC(C)(C)C)CC(C)(C)C. The summed E-state index contributed by atoms with van der Waals surface area (Å²) >= 11 is 0. The second-order valence-electron chi connectivity index (χ2n) is 9.97. The molecule has 0 radical (unpaired) electrons. The van der Waals surface area contributed by atoms with E-state index in [1.165, 1.54) is 77.0 Å². The summed E-state index contributed by atoms with van der Waals surface area (Å²) < 4.78 is 0. The van der Waals surface area contributed by atoms with Gasteiger partial charge in [0.1, 0.15) is 0 Å². The van der Waals surface area contributed by atoms with Gasteiger partial charge >= 0.3 is 0 Å². The molecule has 0 aromatic heterocycles. The average molecular weight is 311 g/mol. The normalized spacial score (nSPS) is 14.3. The highest BCUT2D eigenvalue weighted by atomic mass is 14.2. The topological polar surface area (TPSA) is 0 Å². The Morgan fingerprint density at radius 1 is 0.591 bits per heavy atom. The van der Waals surface area contributed by atoms with Crippen LogP contribution < -0.4 is 0 Å². The van der Waals surface area contributed by atoms with Gasteiger partial charge in [-0.2, -0.15) is 0 Å². The van der Waals surface area contributed by atoms with Gasteiger partial charge < -0.3 is 0 Å². The lowest BCUT2D eigenvalue weighted by molar-refractivity contribution is 0.271. The van der Waals surface area contributed by atoms with Gasteiger partial charge in [0, 0.05) is 0 Å². The molecule has 0 amide bonds. The first-order valence-corrected chi connectivity index (χ1v) is 10.1. The summed E-state index contributed by atoms with van der Waals surface area (Å²) in [7, 11) is 0. The smallest absolute Gasteiger partial charge is 0.0380 e. The van der Waals surface area contributed by atoms with E-state index in [0.29, 0.717) is 10.8 Å². The molecule has 0 heterocycles. The average Bonchev–Trinajstić information content (AvgIpc) is 2.36. The first-order valence-electron chi connectivity index (χ1n) is 10.1. The molecule has 0 aliphatic rings. The first kappa shape index (κ1) is 22.0. The van der Waals surface area contributed by atoms with E-state index in [-0.39, 0.29) is 0 Å². The molecule has 1 atom stereocenters. The molecule has 0 N–H and O–H groups in total. The monoisotopic (exact) mass is 310 g/mol. The van der Waals surface area contributed by atoms with Gasteiger partial charge in [0.15, 0.2) is 0 Å². The highest BCUT2D eigenvalue weighted by molar-refractivity contribution is 4.68. The van der Waals surface area contributed by atoms with Crippen molar-refractivity contribution in [3.63, 3.8) is 0 Å². The van der Waals surface area contributed by atoms with Crippen LogP contribution in [-0.2, 0) is 0 Å². The van der Waals surface area contributed by atoms with E-state index < -0.39 is 0 Å². The Morgan fingerprint density at radius 2 is 1.05 bits per heavy atom. The van der Waals surface area contributed by atoms with Crippen molar-refractivity contribution in [3.8, 4) is 0 Å². The predicted molar refractivity (Wildman–Crippen MR) is 103 cm³/mol. The molecule has 0 saturated carbocycles. The number of unbranched alkanes of at least 4 members (excludes halogenated alkanes) is 7. The second kappa shape index (κ2) is 11.5. The Balaban J connectivity index is 3.39. The lowest BCUT2D eigenvalue weighted by Crippen LogP contribution is -2.12. The number of hydrogen-bond acceptors (Lipinski definition) is 0. The summed E-state index contributed by atoms with van der Waals surface area (Å²) in [4.78, 5) is 0. The van der Waals surface area contributed by atoms with Crippen molar-refractivity contribution in [2.24, 2.45) is 16.7 Å². The van der Waals surface area contributed by atoms with Gasteiger partial charge in [0.05, 0.1) is 0 Å². The quantitative estimate of drug-likeness (QED) is 0.317. The molecule has 0 nitrogen and oxygen atoms in total. The Kier molecular flexibility index (Phi) is 11.5. The third-order valence-corrected chi connectivity index (χ3v) is 4.77. The number of rotatable bonds is 12. The summed E-state index contributed by atoms with van der Waals surface area (Å²) in [5.74, 6) is 0.956. The van der Waals surface area contributed by atoms with E-state index in [2.05, 4.69) is 48.5 Å². The van der Waals surface area contributed by atoms with Crippen LogP contribution in [0, 0.1) is 16.7 Å². The van der Waals surface area contributed by atoms with Crippen molar-refractivity contribution in [2.75, 3.05) is 0 Å². The van der Waals surface area contributed by atoms with Gasteiger partial charge in [-0.05, 0) is 29.6 Å². The van der Waals surface area contributed by atoms with Gasteiger partial charge in [-0.15, -0.1) is 0 Å². The minimum Gasteiger partial charge on any atom is -0.0651 e. The van der Waals surface area contributed by atoms with E-state index in [1.807, 2.05) is 0 Å². The molecule has 0 aliphatic carbocycles. The lowest BCUT2D eigenvalue weighted by atomic mass is 9.81. The van der Waals surface area contributed by atoms with Crippen molar-refractivity contribution in [2.45, 2.75) is 126 Å². The van der Waals surface area contributed by atoms with E-state index in [9.17, 15) is 0 Å². The van der Waals surface area contributed by atoms with Crippen LogP contribution in [0.15, 0.2) is 0 Å². The van der Waals surface area contributed by atoms with E-state index >= 15 is 0 Å². The number of hydrogen-bond donors (Lipinski definition) is 0. The highest BCUT2D eigenvalue weighted by Gasteiger charge is 2.16. The van der Waals surface area contributed by atoms with Crippen molar-refractivity contribution in [1.29, 1.82) is 0 Å². The molecule has 0 rings (SSSR count). The van der Waals surface area contributed by atoms with Crippen molar-refractivity contribution in [3.05, 3.63) is 0 Å².